The van der Waals surface area contributed by atoms with Crippen molar-refractivity contribution in [3.05, 3.63) is 39.8 Å². The van der Waals surface area contributed by atoms with Gasteiger partial charge in [-0.25, -0.2) is 14.6 Å². The van der Waals surface area contributed by atoms with Crippen LogP contribution in [-0.4, -0.2) is 26.0 Å². The van der Waals surface area contributed by atoms with Crippen molar-refractivity contribution >= 4 is 28.3 Å². The lowest BCUT2D eigenvalue weighted by atomic mass is 10.2. The smallest absolute Gasteiger partial charge is 0.355 e. The highest BCUT2D eigenvalue weighted by molar-refractivity contribution is 7.13. The number of hydrogen-bond donors (Lipinski definition) is 3. The molecular formula is C11H7N3O3S. The summed E-state index contributed by atoms with van der Waals surface area (Å²) in [4.78, 5) is 31.2. The van der Waals surface area contributed by atoms with Gasteiger partial charge in [-0.1, -0.05) is 0 Å². The van der Waals surface area contributed by atoms with E-state index in [2.05, 4.69) is 15.0 Å². The van der Waals surface area contributed by atoms with E-state index in [0.717, 1.165) is 5.56 Å². The number of aromatic carboxylic acids is 1. The number of imidazole rings is 1. The number of aromatic amines is 2. The van der Waals surface area contributed by atoms with Gasteiger partial charge in [0.2, 0.25) is 0 Å². The minimum atomic E-state index is -1.05. The molecule has 0 aliphatic heterocycles. The van der Waals surface area contributed by atoms with Crippen molar-refractivity contribution in [2.24, 2.45) is 0 Å². The Balaban J connectivity index is 2.12. The number of nitrogens with one attached hydrogen (secondary N) is 2. The molecular weight excluding hydrogens is 254 g/mol. The van der Waals surface area contributed by atoms with Gasteiger partial charge in [0.15, 0.2) is 5.69 Å². The zero-order valence-corrected chi connectivity index (χ0v) is 9.75. The Hall–Kier alpha value is -2.41. The standard InChI is InChI=1S/C11H7N3O3S/c15-10(16)8-4-18-9(12-8)5-1-2-6-7(3-5)14-11(17)13-6/h1-4H,(H,15,16)(H2,13,14,17). The molecule has 0 spiro atoms. The number of carboxylic acids is 1. The molecule has 0 amide bonds. The first-order chi connectivity index (χ1) is 8.63. The van der Waals surface area contributed by atoms with E-state index in [1.54, 1.807) is 18.2 Å². The van der Waals surface area contributed by atoms with Crippen molar-refractivity contribution in [2.75, 3.05) is 0 Å². The van der Waals surface area contributed by atoms with Crippen LogP contribution in [0, 0.1) is 0 Å². The second-order valence-electron chi connectivity index (χ2n) is 3.68. The fraction of sp³-hybridized carbons (Fsp3) is 0. The number of H-pyrrole nitrogens is 2. The summed E-state index contributed by atoms with van der Waals surface area (Å²) in [6.45, 7) is 0. The van der Waals surface area contributed by atoms with Crippen LogP contribution >= 0.6 is 11.3 Å². The topological polar surface area (TPSA) is 98.8 Å². The zero-order chi connectivity index (χ0) is 12.7. The predicted molar refractivity (Wildman–Crippen MR) is 67.0 cm³/mol. The number of hydrogen-bond acceptors (Lipinski definition) is 4. The second-order valence-corrected chi connectivity index (χ2v) is 4.54. The van der Waals surface area contributed by atoms with Crippen LogP contribution in [-0.2, 0) is 0 Å². The van der Waals surface area contributed by atoms with Crippen molar-refractivity contribution in [2.45, 2.75) is 0 Å². The summed E-state index contributed by atoms with van der Waals surface area (Å²) in [7, 11) is 0. The first-order valence-corrected chi connectivity index (χ1v) is 5.93. The molecule has 0 atom stereocenters. The third-order valence-corrected chi connectivity index (χ3v) is 3.38. The molecule has 3 N–H and O–H groups in total. The van der Waals surface area contributed by atoms with Gasteiger partial charge in [-0.15, -0.1) is 11.3 Å². The Morgan fingerprint density at radius 3 is 2.78 bits per heavy atom. The van der Waals surface area contributed by atoms with E-state index in [9.17, 15) is 9.59 Å². The number of carbonyl (C=O) groups is 1. The molecule has 6 nitrogen and oxygen atoms in total. The van der Waals surface area contributed by atoms with Crippen molar-refractivity contribution in [1.29, 1.82) is 0 Å². The molecule has 18 heavy (non-hydrogen) atoms. The van der Waals surface area contributed by atoms with Crippen LogP contribution in [0.3, 0.4) is 0 Å². The van der Waals surface area contributed by atoms with E-state index in [1.165, 1.54) is 16.7 Å². The Morgan fingerprint density at radius 1 is 1.28 bits per heavy atom. The predicted octanol–water partition coefficient (Wildman–Crippen LogP) is 1.68. The van der Waals surface area contributed by atoms with Gasteiger partial charge in [0, 0.05) is 10.9 Å². The Labute approximate surface area is 104 Å². The quantitative estimate of drug-likeness (QED) is 0.653. The molecule has 3 rings (SSSR count). The number of fused-ring (bicyclic) bond motifs is 1. The minimum absolute atomic E-state index is 0.0256. The molecule has 0 unspecified atom stereocenters. The summed E-state index contributed by atoms with van der Waals surface area (Å²) in [6.07, 6.45) is 0. The summed E-state index contributed by atoms with van der Waals surface area (Å²) in [6, 6.07) is 5.30. The molecule has 90 valence electrons. The fourth-order valence-electron chi connectivity index (χ4n) is 1.67. The van der Waals surface area contributed by atoms with E-state index in [-0.39, 0.29) is 11.4 Å². The summed E-state index contributed by atoms with van der Waals surface area (Å²) in [5.74, 6) is -1.05. The largest absolute Gasteiger partial charge is 0.476 e. The highest BCUT2D eigenvalue weighted by Crippen LogP contribution is 2.25. The summed E-state index contributed by atoms with van der Waals surface area (Å²) < 4.78 is 0. The fourth-order valence-corrected chi connectivity index (χ4v) is 2.46. The molecule has 0 saturated carbocycles. The van der Waals surface area contributed by atoms with E-state index >= 15 is 0 Å². The van der Waals surface area contributed by atoms with Crippen molar-refractivity contribution in [1.82, 2.24) is 15.0 Å². The SMILES string of the molecule is O=C(O)c1csc(-c2ccc3[nH]c(=O)[nH]c3c2)n1. The van der Waals surface area contributed by atoms with Crippen molar-refractivity contribution in [3.63, 3.8) is 0 Å². The normalized spacial score (nSPS) is 10.9. The Morgan fingerprint density at radius 2 is 2.06 bits per heavy atom. The summed E-state index contributed by atoms with van der Waals surface area (Å²) in [5.41, 5.74) is 1.91. The Bertz CT molecular complexity index is 799. The maximum absolute atomic E-state index is 11.1. The molecule has 0 fully saturated rings. The van der Waals surface area contributed by atoms with Gasteiger partial charge < -0.3 is 15.1 Å². The number of nitrogens with zero attached hydrogens (tertiary/aromatic N) is 1. The van der Waals surface area contributed by atoms with Gasteiger partial charge in [0.05, 0.1) is 11.0 Å². The zero-order valence-electron chi connectivity index (χ0n) is 8.93. The molecule has 2 heterocycles. The van der Waals surface area contributed by atoms with Gasteiger partial charge in [0.25, 0.3) is 0 Å². The van der Waals surface area contributed by atoms with E-state index in [0.29, 0.717) is 16.0 Å². The van der Waals surface area contributed by atoms with Gasteiger partial charge in [0.1, 0.15) is 5.01 Å². The Kier molecular flexibility index (Phi) is 2.27. The minimum Gasteiger partial charge on any atom is -0.476 e. The third-order valence-electron chi connectivity index (χ3n) is 2.49. The lowest BCUT2D eigenvalue weighted by Crippen LogP contribution is -1.99. The van der Waals surface area contributed by atoms with Gasteiger partial charge in [-0.3, -0.25) is 0 Å². The third kappa shape index (κ3) is 1.70. The van der Waals surface area contributed by atoms with Crippen LogP contribution in [0.4, 0.5) is 0 Å². The maximum atomic E-state index is 11.1. The molecule has 2 aromatic heterocycles. The van der Waals surface area contributed by atoms with Gasteiger partial charge in [-0.2, -0.15) is 0 Å². The van der Waals surface area contributed by atoms with Crippen molar-refractivity contribution in [3.8, 4) is 10.6 Å². The first-order valence-electron chi connectivity index (χ1n) is 5.05. The lowest BCUT2D eigenvalue weighted by molar-refractivity contribution is 0.0691. The molecule has 7 heteroatoms. The summed E-state index contributed by atoms with van der Waals surface area (Å²) in [5, 5.41) is 10.9. The average molecular weight is 261 g/mol. The van der Waals surface area contributed by atoms with Gasteiger partial charge >= 0.3 is 11.7 Å². The van der Waals surface area contributed by atoms with Crippen LogP contribution in [0.15, 0.2) is 28.4 Å². The van der Waals surface area contributed by atoms with Crippen molar-refractivity contribution < 1.29 is 9.90 Å². The summed E-state index contributed by atoms with van der Waals surface area (Å²) >= 11 is 1.25. The number of aromatic nitrogens is 3. The molecule has 0 aliphatic rings. The van der Waals surface area contributed by atoms with E-state index < -0.39 is 5.97 Å². The van der Waals surface area contributed by atoms with Crippen LogP contribution < -0.4 is 5.69 Å². The molecule has 3 aromatic rings. The molecule has 0 radical (unpaired) electrons. The lowest BCUT2D eigenvalue weighted by Gasteiger charge is -1.95. The monoisotopic (exact) mass is 261 g/mol. The number of thiazole rings is 1. The highest BCUT2D eigenvalue weighted by atomic mass is 32.1. The number of rotatable bonds is 2. The maximum Gasteiger partial charge on any atom is 0.355 e. The van der Waals surface area contributed by atoms with Crippen LogP contribution in [0.5, 0.6) is 0 Å². The molecule has 0 aliphatic carbocycles. The highest BCUT2D eigenvalue weighted by Gasteiger charge is 2.10. The average Bonchev–Trinajstić information content (AvgIpc) is 2.91. The van der Waals surface area contributed by atoms with Crippen LogP contribution in [0.25, 0.3) is 21.6 Å². The molecule has 0 bridgehead atoms. The van der Waals surface area contributed by atoms with Gasteiger partial charge in [-0.05, 0) is 18.2 Å². The van der Waals surface area contributed by atoms with Crippen LogP contribution in [0.2, 0.25) is 0 Å². The van der Waals surface area contributed by atoms with Crippen LogP contribution in [0.1, 0.15) is 10.5 Å². The first kappa shape index (κ1) is 10.7. The second kappa shape index (κ2) is 3.81. The number of carboxylic acid groups (broad SMARTS) is 1. The molecule has 0 saturated heterocycles. The number of benzene rings is 1. The molecule has 1 aromatic carbocycles. The van der Waals surface area contributed by atoms with E-state index in [1.807, 2.05) is 0 Å². The van der Waals surface area contributed by atoms with E-state index in [4.69, 9.17) is 5.11 Å².